The molecule has 1 aliphatic heterocycles. The molecule has 0 spiro atoms. The first-order valence-electron chi connectivity index (χ1n) is 9.52. The second-order valence-electron chi connectivity index (χ2n) is 6.69. The quantitative estimate of drug-likeness (QED) is 0.665. The van der Waals surface area contributed by atoms with Crippen LogP contribution < -0.4 is 25.4 Å². The van der Waals surface area contributed by atoms with E-state index in [2.05, 4.69) is 34.5 Å². The molecule has 3 rings (SSSR count). The van der Waals surface area contributed by atoms with Crippen LogP contribution in [-0.4, -0.2) is 32.2 Å². The fraction of sp³-hybridized carbons (Fsp3) is 0.381. The van der Waals surface area contributed by atoms with Crippen LogP contribution in [0.25, 0.3) is 0 Å². The number of hydrogen-bond acceptors (Lipinski definition) is 5. The second-order valence-corrected chi connectivity index (χ2v) is 7.09. The number of hydrogen-bond donors (Lipinski definition) is 2. The Labute approximate surface area is 170 Å². The van der Waals surface area contributed by atoms with Crippen molar-refractivity contribution in [2.75, 3.05) is 36.5 Å². The van der Waals surface area contributed by atoms with Gasteiger partial charge in [-0.2, -0.15) is 0 Å². The molecule has 1 heterocycles. The van der Waals surface area contributed by atoms with Gasteiger partial charge in [0, 0.05) is 31.0 Å². The minimum absolute atomic E-state index is 0.249. The van der Waals surface area contributed by atoms with E-state index in [9.17, 15) is 4.79 Å². The average molecular weight is 404 g/mol. The third-order valence-electron chi connectivity index (χ3n) is 4.56. The molecule has 0 saturated carbocycles. The summed E-state index contributed by atoms with van der Waals surface area (Å²) >= 11 is 6.34. The first kappa shape index (κ1) is 20.1. The van der Waals surface area contributed by atoms with Crippen molar-refractivity contribution in [3.63, 3.8) is 0 Å². The van der Waals surface area contributed by atoms with Gasteiger partial charge in [-0.3, -0.25) is 4.79 Å². The van der Waals surface area contributed by atoms with Crippen molar-refractivity contribution in [2.24, 2.45) is 5.73 Å². The maximum Gasteiger partial charge on any atom is 0.255 e. The molecule has 0 aliphatic carbocycles. The second kappa shape index (κ2) is 9.55. The van der Waals surface area contributed by atoms with Crippen LogP contribution >= 0.6 is 11.6 Å². The van der Waals surface area contributed by atoms with Crippen molar-refractivity contribution in [1.82, 2.24) is 0 Å². The summed E-state index contributed by atoms with van der Waals surface area (Å²) in [4.78, 5) is 13.4. The lowest BCUT2D eigenvalue weighted by atomic mass is 10.2. The van der Waals surface area contributed by atoms with E-state index in [0.29, 0.717) is 29.7 Å². The van der Waals surface area contributed by atoms with Crippen molar-refractivity contribution in [3.8, 4) is 11.5 Å². The number of anilines is 2. The molecule has 3 N–H and O–H groups in total. The molecule has 28 heavy (non-hydrogen) atoms. The van der Waals surface area contributed by atoms with E-state index in [1.54, 1.807) is 6.07 Å². The molecule has 7 heteroatoms. The molecule has 1 saturated heterocycles. The molecule has 2 aromatic rings. The standard InChI is InChI=1S/C21H26ClN3O3/c1-2-27-19-12-15(11-18(22)21(19)28-14-20(23)26)13-24-16-5-7-17(8-6-16)25-9-3-4-10-25/h5-8,11-12,24H,2-4,9-10,13-14H2,1H3,(H2,23,26). The summed E-state index contributed by atoms with van der Waals surface area (Å²) in [7, 11) is 0. The molecule has 0 unspecified atom stereocenters. The molecular weight excluding hydrogens is 378 g/mol. The zero-order valence-electron chi connectivity index (χ0n) is 16.0. The number of primary amides is 1. The van der Waals surface area contributed by atoms with Crippen LogP contribution in [0.4, 0.5) is 11.4 Å². The molecule has 150 valence electrons. The number of ether oxygens (including phenoxy) is 2. The monoisotopic (exact) mass is 403 g/mol. The number of benzene rings is 2. The van der Waals surface area contributed by atoms with Crippen LogP contribution in [0.5, 0.6) is 11.5 Å². The van der Waals surface area contributed by atoms with Crippen molar-refractivity contribution >= 4 is 28.9 Å². The first-order chi connectivity index (χ1) is 13.6. The molecule has 1 fully saturated rings. The van der Waals surface area contributed by atoms with E-state index in [0.717, 1.165) is 24.3 Å². The number of rotatable bonds is 9. The van der Waals surface area contributed by atoms with Crippen LogP contribution in [0.1, 0.15) is 25.3 Å². The van der Waals surface area contributed by atoms with E-state index >= 15 is 0 Å². The topological polar surface area (TPSA) is 76.8 Å². The Balaban J connectivity index is 1.66. The fourth-order valence-corrected chi connectivity index (χ4v) is 3.53. The zero-order chi connectivity index (χ0) is 19.9. The van der Waals surface area contributed by atoms with Gasteiger partial charge in [-0.15, -0.1) is 0 Å². The van der Waals surface area contributed by atoms with E-state index in [-0.39, 0.29) is 6.61 Å². The van der Waals surface area contributed by atoms with Gasteiger partial charge in [-0.05, 0) is 61.7 Å². The minimum Gasteiger partial charge on any atom is -0.490 e. The first-order valence-corrected chi connectivity index (χ1v) is 9.90. The highest BCUT2D eigenvalue weighted by molar-refractivity contribution is 6.32. The van der Waals surface area contributed by atoms with E-state index in [1.807, 2.05) is 13.0 Å². The lowest BCUT2D eigenvalue weighted by molar-refractivity contribution is -0.119. The molecule has 1 aliphatic rings. The summed E-state index contributed by atoms with van der Waals surface area (Å²) in [5, 5.41) is 3.78. The summed E-state index contributed by atoms with van der Waals surface area (Å²) in [5.74, 6) is 0.264. The van der Waals surface area contributed by atoms with E-state index < -0.39 is 5.91 Å². The third-order valence-corrected chi connectivity index (χ3v) is 4.84. The summed E-state index contributed by atoms with van der Waals surface area (Å²) in [6, 6.07) is 12.1. The van der Waals surface area contributed by atoms with Crippen molar-refractivity contribution in [2.45, 2.75) is 26.3 Å². The fourth-order valence-electron chi connectivity index (χ4n) is 3.24. The smallest absolute Gasteiger partial charge is 0.255 e. The maximum absolute atomic E-state index is 11.0. The summed E-state index contributed by atoms with van der Waals surface area (Å²) in [5.41, 5.74) is 8.39. The highest BCUT2D eigenvalue weighted by Gasteiger charge is 2.14. The summed E-state index contributed by atoms with van der Waals surface area (Å²) in [6.07, 6.45) is 2.53. The van der Waals surface area contributed by atoms with Gasteiger partial charge in [0.05, 0.1) is 11.6 Å². The van der Waals surface area contributed by atoms with Crippen molar-refractivity contribution < 1.29 is 14.3 Å². The van der Waals surface area contributed by atoms with Crippen LogP contribution in [0.2, 0.25) is 5.02 Å². The van der Waals surface area contributed by atoms with Crippen molar-refractivity contribution in [3.05, 3.63) is 47.0 Å². The van der Waals surface area contributed by atoms with Crippen molar-refractivity contribution in [1.29, 1.82) is 0 Å². The number of nitrogens with one attached hydrogen (secondary N) is 1. The third kappa shape index (κ3) is 5.23. The highest BCUT2D eigenvalue weighted by Crippen LogP contribution is 2.37. The highest BCUT2D eigenvalue weighted by atomic mass is 35.5. The Morgan fingerprint density at radius 2 is 1.89 bits per heavy atom. The van der Waals surface area contributed by atoms with Crippen LogP contribution in [0.3, 0.4) is 0 Å². The molecule has 0 aromatic heterocycles. The van der Waals surface area contributed by atoms with Gasteiger partial charge in [-0.1, -0.05) is 11.6 Å². The Morgan fingerprint density at radius 1 is 1.18 bits per heavy atom. The Kier molecular flexibility index (Phi) is 6.87. The predicted molar refractivity (Wildman–Crippen MR) is 113 cm³/mol. The van der Waals surface area contributed by atoms with Crippen LogP contribution in [-0.2, 0) is 11.3 Å². The number of carbonyl (C=O) groups is 1. The zero-order valence-corrected chi connectivity index (χ0v) is 16.8. The number of halogens is 1. The summed E-state index contributed by atoms with van der Waals surface area (Å²) in [6.45, 7) is 4.93. The minimum atomic E-state index is -0.568. The van der Waals surface area contributed by atoms with E-state index in [1.165, 1.54) is 18.5 Å². The predicted octanol–water partition coefficient (Wildman–Crippen LogP) is 3.82. The lowest BCUT2D eigenvalue weighted by Crippen LogP contribution is -2.20. The molecule has 0 radical (unpaired) electrons. The number of amides is 1. The normalized spacial score (nSPS) is 13.4. The molecule has 0 bridgehead atoms. The lowest BCUT2D eigenvalue weighted by Gasteiger charge is -2.18. The van der Waals surface area contributed by atoms with Gasteiger partial charge in [0.1, 0.15) is 0 Å². The summed E-state index contributed by atoms with van der Waals surface area (Å²) < 4.78 is 11.0. The van der Waals surface area contributed by atoms with Gasteiger partial charge >= 0.3 is 0 Å². The number of carbonyl (C=O) groups excluding carboxylic acids is 1. The van der Waals surface area contributed by atoms with E-state index in [4.69, 9.17) is 26.8 Å². The van der Waals surface area contributed by atoms with Gasteiger partial charge < -0.3 is 25.4 Å². The molecule has 6 nitrogen and oxygen atoms in total. The van der Waals surface area contributed by atoms with Gasteiger partial charge in [-0.25, -0.2) is 0 Å². The Hall–Kier alpha value is -2.60. The number of nitrogens with zero attached hydrogens (tertiary/aromatic N) is 1. The number of nitrogens with two attached hydrogens (primary N) is 1. The Morgan fingerprint density at radius 3 is 2.54 bits per heavy atom. The SMILES string of the molecule is CCOc1cc(CNc2ccc(N3CCCC3)cc2)cc(Cl)c1OCC(N)=O. The largest absolute Gasteiger partial charge is 0.490 e. The maximum atomic E-state index is 11.0. The van der Waals surface area contributed by atoms with Gasteiger partial charge in [0.2, 0.25) is 0 Å². The Bertz CT molecular complexity index is 805. The molecular formula is C21H26ClN3O3. The molecule has 1 amide bonds. The van der Waals surface area contributed by atoms with Gasteiger partial charge in [0.15, 0.2) is 18.1 Å². The average Bonchev–Trinajstić information content (AvgIpc) is 3.21. The molecule has 0 atom stereocenters. The van der Waals surface area contributed by atoms with Crippen LogP contribution in [0.15, 0.2) is 36.4 Å². The van der Waals surface area contributed by atoms with Crippen LogP contribution in [0, 0.1) is 0 Å². The van der Waals surface area contributed by atoms with Gasteiger partial charge in [0.25, 0.3) is 5.91 Å². The molecule has 2 aromatic carbocycles.